The van der Waals surface area contributed by atoms with E-state index in [-0.39, 0.29) is 50.4 Å². The summed E-state index contributed by atoms with van der Waals surface area (Å²) in [7, 11) is -3.32. The molecule has 16 heteroatoms. The van der Waals surface area contributed by atoms with Crippen LogP contribution < -0.4 is 25.4 Å². The number of aryl methyl sites for hydroxylation is 1. The Morgan fingerprint density at radius 1 is 0.821 bits per heavy atom. The third-order valence-electron chi connectivity index (χ3n) is 9.18. The molecule has 3 N–H and O–H groups in total. The summed E-state index contributed by atoms with van der Waals surface area (Å²) in [6.07, 6.45) is 13.4. The smallest absolute Gasteiger partial charge is 0.299 e. The van der Waals surface area contributed by atoms with Gasteiger partial charge in [-0.15, -0.1) is 0 Å². The van der Waals surface area contributed by atoms with Gasteiger partial charge in [-0.3, -0.25) is 15.0 Å². The second-order valence-electron chi connectivity index (χ2n) is 13.8. The van der Waals surface area contributed by atoms with Gasteiger partial charge in [0.05, 0.1) is 32.7 Å². The second-order valence-corrected chi connectivity index (χ2v) is 17.2. The number of anilines is 3. The van der Waals surface area contributed by atoms with Crippen LogP contribution in [0, 0.1) is 6.92 Å². The van der Waals surface area contributed by atoms with Crippen molar-refractivity contribution in [2.24, 2.45) is 9.98 Å². The molecular weight excluding hydrogens is 816 g/mol. The lowest BCUT2D eigenvalue weighted by atomic mass is 10.1. The number of likely N-dealkylation sites (N-methyl/N-ethyl adjacent to an activating group) is 1. The van der Waals surface area contributed by atoms with Gasteiger partial charge in [0.15, 0.2) is 11.5 Å². The van der Waals surface area contributed by atoms with E-state index in [1.807, 2.05) is 30.9 Å². The number of hydrazine groups is 1. The standard InChI is InChI=1S/C40H51Cl4N7O4S/c1-5-7-8-9-10-11-12-13-14-15-16-36(52)46-29-17-19-31(42)35(26-29)48-39-37(40(53)51(49-39)38-32(43)24-28(41)25-33(38)44)47-34-20-18-30(23-27(34)3)50(6-2)22-21-45-56(4,54)55/h17-20,23-26,45H,5-16,21-22H2,1-4H3,(H,46,52)(H,48,49). The van der Waals surface area contributed by atoms with Crippen LogP contribution in [0.5, 0.6) is 0 Å². The van der Waals surface area contributed by atoms with Gasteiger partial charge in [-0.2, -0.15) is 0 Å². The van der Waals surface area contributed by atoms with Crippen LogP contribution in [0.4, 0.5) is 28.4 Å². The van der Waals surface area contributed by atoms with Gasteiger partial charge < -0.3 is 10.2 Å². The number of hydrogen-bond acceptors (Lipinski definition) is 7. The average molecular weight is 868 g/mol. The predicted molar refractivity (Wildman–Crippen MR) is 235 cm³/mol. The van der Waals surface area contributed by atoms with Crippen molar-refractivity contribution in [2.45, 2.75) is 91.4 Å². The number of aliphatic imine (C=N–C) groups is 2. The molecule has 0 unspecified atom stereocenters. The first-order chi connectivity index (χ1) is 26.7. The Bertz CT molecular complexity index is 2000. The molecule has 304 valence electrons. The Labute approximate surface area is 351 Å². The first-order valence-corrected chi connectivity index (χ1v) is 22.4. The van der Waals surface area contributed by atoms with E-state index in [4.69, 9.17) is 56.4 Å². The maximum absolute atomic E-state index is 14.1. The molecule has 11 nitrogen and oxygen atoms in total. The van der Waals surface area contributed by atoms with Crippen molar-refractivity contribution in [1.29, 1.82) is 0 Å². The van der Waals surface area contributed by atoms with Gasteiger partial charge in [-0.05, 0) is 74.4 Å². The van der Waals surface area contributed by atoms with Gasteiger partial charge in [0.2, 0.25) is 15.9 Å². The largest absolute Gasteiger partial charge is 0.370 e. The third kappa shape index (κ3) is 13.6. The molecule has 4 rings (SSSR count). The monoisotopic (exact) mass is 865 g/mol. The van der Waals surface area contributed by atoms with E-state index in [1.54, 1.807) is 24.3 Å². The molecule has 0 radical (unpaired) electrons. The summed E-state index contributed by atoms with van der Waals surface area (Å²) in [5, 5.41) is 4.93. The van der Waals surface area contributed by atoms with Gasteiger partial charge in [-0.1, -0.05) is 111 Å². The zero-order chi connectivity index (χ0) is 40.8. The fourth-order valence-corrected chi connectivity index (χ4v) is 7.82. The van der Waals surface area contributed by atoms with Crippen LogP contribution >= 0.6 is 46.4 Å². The molecule has 0 atom stereocenters. The summed E-state index contributed by atoms with van der Waals surface area (Å²) in [5.41, 5.74) is 6.01. The molecule has 0 spiro atoms. The molecule has 1 saturated heterocycles. The van der Waals surface area contributed by atoms with E-state index in [2.05, 4.69) is 22.4 Å². The highest BCUT2D eigenvalue weighted by Gasteiger charge is 2.37. The summed E-state index contributed by atoms with van der Waals surface area (Å²) in [5.74, 6) is -0.622. The Morgan fingerprint density at radius 2 is 1.46 bits per heavy atom. The minimum Gasteiger partial charge on any atom is -0.370 e. The minimum atomic E-state index is -3.32. The van der Waals surface area contributed by atoms with E-state index < -0.39 is 15.9 Å². The molecule has 1 aliphatic rings. The molecule has 3 aromatic carbocycles. The summed E-state index contributed by atoms with van der Waals surface area (Å²) in [4.78, 5) is 38.5. The zero-order valence-corrected chi connectivity index (χ0v) is 36.2. The van der Waals surface area contributed by atoms with Crippen molar-refractivity contribution in [1.82, 2.24) is 10.1 Å². The normalized spacial score (nSPS) is 14.5. The van der Waals surface area contributed by atoms with Crippen molar-refractivity contribution in [3.8, 4) is 0 Å². The summed E-state index contributed by atoms with van der Waals surface area (Å²) >= 11 is 25.9. The zero-order valence-electron chi connectivity index (χ0n) is 32.4. The highest BCUT2D eigenvalue weighted by molar-refractivity contribution is 7.88. The molecule has 1 aliphatic heterocycles. The number of benzene rings is 3. The number of hydrogen-bond donors (Lipinski definition) is 3. The van der Waals surface area contributed by atoms with Gasteiger partial charge >= 0.3 is 0 Å². The highest BCUT2D eigenvalue weighted by Crippen LogP contribution is 2.38. The van der Waals surface area contributed by atoms with E-state index in [0.717, 1.165) is 41.8 Å². The van der Waals surface area contributed by atoms with Crippen LogP contribution in [0.3, 0.4) is 0 Å². The van der Waals surface area contributed by atoms with Crippen molar-refractivity contribution in [2.75, 3.05) is 41.1 Å². The fraction of sp³-hybridized carbons (Fsp3) is 0.450. The van der Waals surface area contributed by atoms with Crippen molar-refractivity contribution < 1.29 is 18.0 Å². The number of nitrogens with zero attached hydrogens (tertiary/aromatic N) is 4. The second kappa shape index (κ2) is 21.9. The van der Waals surface area contributed by atoms with Gasteiger partial charge in [0.1, 0.15) is 5.69 Å². The van der Waals surface area contributed by atoms with Crippen LogP contribution in [0.25, 0.3) is 0 Å². The molecule has 0 saturated carbocycles. The van der Waals surface area contributed by atoms with Gasteiger partial charge in [0, 0.05) is 42.5 Å². The maximum Gasteiger partial charge on any atom is 0.299 e. The predicted octanol–water partition coefficient (Wildman–Crippen LogP) is 10.6. The Hall–Kier alpha value is -3.39. The minimum absolute atomic E-state index is 0.0425. The van der Waals surface area contributed by atoms with E-state index in [0.29, 0.717) is 35.9 Å². The van der Waals surface area contributed by atoms with Gasteiger partial charge in [0.25, 0.3) is 5.91 Å². The summed E-state index contributed by atoms with van der Waals surface area (Å²) in [6.45, 7) is 7.39. The fourth-order valence-electron chi connectivity index (χ4n) is 6.21. The highest BCUT2D eigenvalue weighted by atomic mass is 35.5. The number of unbranched alkanes of at least 4 members (excludes halogenated alkanes) is 9. The third-order valence-corrected chi connectivity index (χ3v) is 11.0. The summed E-state index contributed by atoms with van der Waals surface area (Å²) < 4.78 is 25.7. The molecule has 3 aromatic rings. The average Bonchev–Trinajstić information content (AvgIpc) is 3.42. The molecule has 56 heavy (non-hydrogen) atoms. The van der Waals surface area contributed by atoms with Crippen LogP contribution in [-0.2, 0) is 19.6 Å². The van der Waals surface area contributed by atoms with Crippen molar-refractivity contribution >= 4 is 108 Å². The van der Waals surface area contributed by atoms with E-state index in [1.165, 1.54) is 57.1 Å². The maximum atomic E-state index is 14.1. The quantitative estimate of drug-likeness (QED) is 0.0913. The number of amidine groups is 1. The van der Waals surface area contributed by atoms with Crippen LogP contribution in [0.2, 0.25) is 20.1 Å². The SMILES string of the molecule is CCCCCCCCCCCCC(=O)Nc1ccc(Cl)c(N=C2NN(c3c(Cl)cc(Cl)cc3Cl)C(=O)C2=Nc2ccc(N(CC)CCNS(C)(=O)=O)cc2C)c1. The number of amides is 2. The molecular formula is C40H51Cl4N7O4S. The first kappa shape index (κ1) is 45.3. The number of halogens is 4. The number of carbonyl (C=O) groups is 2. The Kier molecular flexibility index (Phi) is 17.8. The Morgan fingerprint density at radius 3 is 2.07 bits per heavy atom. The van der Waals surface area contributed by atoms with Crippen LogP contribution in [0.1, 0.15) is 90.0 Å². The molecule has 0 aromatic heterocycles. The molecule has 1 fully saturated rings. The summed E-state index contributed by atoms with van der Waals surface area (Å²) in [6, 6.07) is 13.4. The molecule has 2 amide bonds. The lowest BCUT2D eigenvalue weighted by Crippen LogP contribution is -2.36. The lowest BCUT2D eigenvalue weighted by Gasteiger charge is -2.23. The Balaban J connectivity index is 1.56. The molecule has 1 heterocycles. The van der Waals surface area contributed by atoms with Crippen molar-refractivity contribution in [3.63, 3.8) is 0 Å². The van der Waals surface area contributed by atoms with Crippen LogP contribution in [-0.4, -0.2) is 57.7 Å². The van der Waals surface area contributed by atoms with E-state index >= 15 is 0 Å². The van der Waals surface area contributed by atoms with Crippen LogP contribution in [0.15, 0.2) is 58.5 Å². The molecule has 0 aliphatic carbocycles. The topological polar surface area (TPSA) is 136 Å². The van der Waals surface area contributed by atoms with Crippen molar-refractivity contribution in [3.05, 3.63) is 74.2 Å². The number of rotatable bonds is 21. The van der Waals surface area contributed by atoms with E-state index in [9.17, 15) is 18.0 Å². The van der Waals surface area contributed by atoms with Gasteiger partial charge in [-0.25, -0.2) is 28.1 Å². The number of carbonyl (C=O) groups excluding carboxylic acids is 2. The lowest BCUT2D eigenvalue weighted by molar-refractivity contribution is -0.116. The molecule has 0 bridgehead atoms. The first-order valence-electron chi connectivity index (χ1n) is 19.0. The number of sulfonamides is 1. The number of nitrogens with one attached hydrogen (secondary N) is 3.